The van der Waals surface area contributed by atoms with Gasteiger partial charge in [0.1, 0.15) is 5.41 Å². The zero-order chi connectivity index (χ0) is 14.0. The standard InChI is InChI=1S/C14H19N3O2/c1-9(2)10-4-3-5-11(8-10)16-13(18)14(6-7-14)12(15)17-19/h3-5,8-9,19H,6-7H2,1-2H3,(H2,15,17)(H,16,18). The van der Waals surface area contributed by atoms with Gasteiger partial charge in [0.15, 0.2) is 5.84 Å². The first-order valence-corrected chi connectivity index (χ1v) is 6.39. The highest BCUT2D eigenvalue weighted by Crippen LogP contribution is 2.46. The van der Waals surface area contributed by atoms with Crippen LogP contribution in [0.15, 0.2) is 29.4 Å². The van der Waals surface area contributed by atoms with Gasteiger partial charge >= 0.3 is 0 Å². The average molecular weight is 261 g/mol. The van der Waals surface area contributed by atoms with E-state index >= 15 is 0 Å². The topological polar surface area (TPSA) is 87.7 Å². The number of nitrogens with two attached hydrogens (primary N) is 1. The lowest BCUT2D eigenvalue weighted by Crippen LogP contribution is -2.36. The van der Waals surface area contributed by atoms with E-state index in [2.05, 4.69) is 24.3 Å². The molecule has 0 radical (unpaired) electrons. The molecule has 1 aromatic carbocycles. The first-order chi connectivity index (χ1) is 8.99. The molecule has 0 aromatic heterocycles. The molecule has 1 fully saturated rings. The molecule has 102 valence electrons. The quantitative estimate of drug-likeness (QED) is 0.336. The van der Waals surface area contributed by atoms with Gasteiger partial charge in [0.2, 0.25) is 5.91 Å². The second kappa shape index (κ2) is 4.91. The summed E-state index contributed by atoms with van der Waals surface area (Å²) in [4.78, 5) is 12.2. The lowest BCUT2D eigenvalue weighted by atomic mass is 10.0. The van der Waals surface area contributed by atoms with E-state index in [1.807, 2.05) is 24.3 Å². The number of carbonyl (C=O) groups excluding carboxylic acids is 1. The Morgan fingerprint density at radius 2 is 2.16 bits per heavy atom. The van der Waals surface area contributed by atoms with Crippen molar-refractivity contribution in [2.24, 2.45) is 16.3 Å². The molecule has 2 rings (SSSR count). The molecule has 0 saturated heterocycles. The lowest BCUT2D eigenvalue weighted by molar-refractivity contribution is -0.119. The molecule has 1 saturated carbocycles. The molecule has 5 nitrogen and oxygen atoms in total. The summed E-state index contributed by atoms with van der Waals surface area (Å²) in [5.74, 6) is 0.185. The van der Waals surface area contributed by atoms with Crippen LogP contribution < -0.4 is 11.1 Å². The van der Waals surface area contributed by atoms with Crippen molar-refractivity contribution in [2.75, 3.05) is 5.32 Å². The molecule has 0 spiro atoms. The Balaban J connectivity index is 2.14. The summed E-state index contributed by atoms with van der Waals surface area (Å²) in [6.45, 7) is 4.19. The van der Waals surface area contributed by atoms with Gasteiger partial charge in [-0.25, -0.2) is 0 Å². The normalized spacial score (nSPS) is 17.3. The summed E-state index contributed by atoms with van der Waals surface area (Å²) in [6.07, 6.45) is 1.25. The Kier molecular flexibility index (Phi) is 3.46. The van der Waals surface area contributed by atoms with Crippen LogP contribution >= 0.6 is 0 Å². The molecule has 0 aliphatic heterocycles. The minimum absolute atomic E-state index is 0.00925. The van der Waals surface area contributed by atoms with Crippen molar-refractivity contribution in [3.05, 3.63) is 29.8 Å². The van der Waals surface area contributed by atoms with Crippen LogP contribution in [-0.2, 0) is 4.79 Å². The van der Waals surface area contributed by atoms with Gasteiger partial charge in [0.05, 0.1) is 0 Å². The number of rotatable bonds is 4. The number of anilines is 1. The number of oxime groups is 1. The van der Waals surface area contributed by atoms with Crippen LogP contribution in [0.25, 0.3) is 0 Å². The molecular weight excluding hydrogens is 242 g/mol. The van der Waals surface area contributed by atoms with E-state index in [-0.39, 0.29) is 11.7 Å². The smallest absolute Gasteiger partial charge is 0.238 e. The van der Waals surface area contributed by atoms with Crippen LogP contribution in [0.5, 0.6) is 0 Å². The van der Waals surface area contributed by atoms with E-state index in [4.69, 9.17) is 10.9 Å². The maximum atomic E-state index is 12.2. The van der Waals surface area contributed by atoms with Crippen molar-refractivity contribution in [3.63, 3.8) is 0 Å². The van der Waals surface area contributed by atoms with Gasteiger partial charge in [-0.15, -0.1) is 0 Å². The second-order valence-electron chi connectivity index (χ2n) is 5.30. The number of nitrogens with zero attached hydrogens (tertiary/aromatic N) is 1. The molecule has 1 amide bonds. The predicted molar refractivity (Wildman–Crippen MR) is 74.2 cm³/mol. The monoisotopic (exact) mass is 261 g/mol. The number of hydrogen-bond acceptors (Lipinski definition) is 3. The molecule has 0 heterocycles. The van der Waals surface area contributed by atoms with E-state index < -0.39 is 5.41 Å². The summed E-state index contributed by atoms with van der Waals surface area (Å²) in [5, 5.41) is 14.5. The summed E-state index contributed by atoms with van der Waals surface area (Å²) >= 11 is 0. The second-order valence-corrected chi connectivity index (χ2v) is 5.30. The van der Waals surface area contributed by atoms with Crippen LogP contribution in [0.1, 0.15) is 38.2 Å². The van der Waals surface area contributed by atoms with Gasteiger partial charge in [-0.3, -0.25) is 4.79 Å². The number of amidine groups is 1. The summed E-state index contributed by atoms with van der Waals surface area (Å²) < 4.78 is 0. The SMILES string of the molecule is CC(C)c1cccc(NC(=O)C2(/C(N)=N/O)CC2)c1. The number of nitrogens with one attached hydrogen (secondary N) is 1. The summed E-state index contributed by atoms with van der Waals surface area (Å²) in [7, 11) is 0. The fourth-order valence-corrected chi connectivity index (χ4v) is 2.05. The van der Waals surface area contributed by atoms with E-state index in [1.165, 1.54) is 0 Å². The fraction of sp³-hybridized carbons (Fsp3) is 0.429. The van der Waals surface area contributed by atoms with Gasteiger partial charge < -0.3 is 16.3 Å². The average Bonchev–Trinajstić information content (AvgIpc) is 3.19. The van der Waals surface area contributed by atoms with E-state index in [0.717, 1.165) is 11.3 Å². The number of benzene rings is 1. The van der Waals surface area contributed by atoms with Crippen LogP contribution in [-0.4, -0.2) is 17.0 Å². The Morgan fingerprint density at radius 3 is 2.68 bits per heavy atom. The largest absolute Gasteiger partial charge is 0.409 e. The molecule has 1 aromatic rings. The van der Waals surface area contributed by atoms with Crippen molar-refractivity contribution in [1.29, 1.82) is 0 Å². The molecule has 4 N–H and O–H groups in total. The third-order valence-corrected chi connectivity index (χ3v) is 3.59. The lowest BCUT2D eigenvalue weighted by Gasteiger charge is -2.14. The molecule has 0 bridgehead atoms. The molecule has 1 aliphatic rings. The van der Waals surface area contributed by atoms with Crippen LogP contribution in [0.3, 0.4) is 0 Å². The Morgan fingerprint density at radius 1 is 1.47 bits per heavy atom. The van der Waals surface area contributed by atoms with Gasteiger partial charge in [-0.1, -0.05) is 31.1 Å². The zero-order valence-corrected chi connectivity index (χ0v) is 11.2. The van der Waals surface area contributed by atoms with Crippen LogP contribution in [0, 0.1) is 5.41 Å². The van der Waals surface area contributed by atoms with Gasteiger partial charge in [0.25, 0.3) is 0 Å². The minimum Gasteiger partial charge on any atom is -0.409 e. The Labute approximate surface area is 112 Å². The Bertz CT molecular complexity index is 519. The summed E-state index contributed by atoms with van der Waals surface area (Å²) in [6, 6.07) is 7.72. The number of amides is 1. The highest BCUT2D eigenvalue weighted by Gasteiger charge is 2.54. The Hall–Kier alpha value is -2.04. The van der Waals surface area contributed by atoms with Crippen molar-refractivity contribution >= 4 is 17.4 Å². The van der Waals surface area contributed by atoms with Crippen molar-refractivity contribution in [3.8, 4) is 0 Å². The number of carbonyl (C=O) groups is 1. The van der Waals surface area contributed by atoms with Crippen molar-refractivity contribution in [2.45, 2.75) is 32.6 Å². The van der Waals surface area contributed by atoms with Gasteiger partial charge in [0, 0.05) is 5.69 Å². The highest BCUT2D eigenvalue weighted by atomic mass is 16.4. The maximum absolute atomic E-state index is 12.2. The molecular formula is C14H19N3O2. The van der Waals surface area contributed by atoms with Gasteiger partial charge in [-0.2, -0.15) is 0 Å². The van der Waals surface area contributed by atoms with Crippen LogP contribution in [0.2, 0.25) is 0 Å². The molecule has 0 unspecified atom stereocenters. The predicted octanol–water partition coefficient (Wildman–Crippen LogP) is 2.28. The molecule has 1 aliphatic carbocycles. The fourth-order valence-electron chi connectivity index (χ4n) is 2.05. The third-order valence-electron chi connectivity index (χ3n) is 3.59. The van der Waals surface area contributed by atoms with Gasteiger partial charge in [-0.05, 0) is 36.5 Å². The van der Waals surface area contributed by atoms with E-state index in [0.29, 0.717) is 18.8 Å². The first kappa shape index (κ1) is 13.4. The zero-order valence-electron chi connectivity index (χ0n) is 11.2. The summed E-state index contributed by atoms with van der Waals surface area (Å²) in [5.41, 5.74) is 6.67. The highest BCUT2D eigenvalue weighted by molar-refractivity contribution is 6.14. The maximum Gasteiger partial charge on any atom is 0.238 e. The van der Waals surface area contributed by atoms with E-state index in [9.17, 15) is 4.79 Å². The van der Waals surface area contributed by atoms with Crippen molar-refractivity contribution in [1.82, 2.24) is 0 Å². The molecule has 19 heavy (non-hydrogen) atoms. The van der Waals surface area contributed by atoms with Crippen molar-refractivity contribution < 1.29 is 10.0 Å². The number of hydrogen-bond donors (Lipinski definition) is 3. The molecule has 5 heteroatoms. The molecule has 0 atom stereocenters. The minimum atomic E-state index is -0.817. The third kappa shape index (κ3) is 2.54. The van der Waals surface area contributed by atoms with E-state index in [1.54, 1.807) is 0 Å². The van der Waals surface area contributed by atoms with Crippen LogP contribution in [0.4, 0.5) is 5.69 Å². The first-order valence-electron chi connectivity index (χ1n) is 6.39.